The van der Waals surface area contributed by atoms with Gasteiger partial charge in [0.2, 0.25) is 0 Å². The molecule has 0 radical (unpaired) electrons. The molecule has 0 spiro atoms. The lowest BCUT2D eigenvalue weighted by molar-refractivity contribution is -0.148. The highest BCUT2D eigenvalue weighted by Crippen LogP contribution is 2.35. The molecule has 1 atom stereocenters. The molecule has 2 amide bonds. The number of carboxylic acid groups (broad SMARTS) is 1. The number of likely N-dealkylation sites (tertiary alicyclic amines) is 1. The second kappa shape index (κ2) is 8.02. The molecule has 1 heterocycles. The zero-order valence-corrected chi connectivity index (χ0v) is 13.0. The van der Waals surface area contributed by atoms with Crippen molar-refractivity contribution >= 4 is 12.0 Å². The van der Waals surface area contributed by atoms with Crippen LogP contribution in [0.15, 0.2) is 12.7 Å². The Hall–Kier alpha value is -1.56. The number of urea groups is 1. The summed E-state index contributed by atoms with van der Waals surface area (Å²) in [5.41, 5.74) is -0.786. The number of hydrogen-bond acceptors (Lipinski definition) is 3. The Morgan fingerprint density at radius 2 is 2.24 bits per heavy atom. The van der Waals surface area contributed by atoms with E-state index in [1.807, 2.05) is 6.92 Å². The van der Waals surface area contributed by atoms with Gasteiger partial charge in [-0.1, -0.05) is 19.4 Å². The summed E-state index contributed by atoms with van der Waals surface area (Å²) in [4.78, 5) is 27.4. The van der Waals surface area contributed by atoms with Crippen LogP contribution >= 0.6 is 0 Å². The van der Waals surface area contributed by atoms with Gasteiger partial charge < -0.3 is 19.6 Å². The maximum atomic E-state index is 12.5. The zero-order valence-electron chi connectivity index (χ0n) is 13.0. The van der Waals surface area contributed by atoms with E-state index < -0.39 is 11.4 Å². The Bertz CT molecular complexity index is 386. The van der Waals surface area contributed by atoms with Crippen LogP contribution in [-0.2, 0) is 9.53 Å². The number of carbonyl (C=O) groups is 2. The van der Waals surface area contributed by atoms with Gasteiger partial charge in [0.15, 0.2) is 0 Å². The third-order valence-electron chi connectivity index (χ3n) is 3.99. The number of methoxy groups -OCH3 is 1. The minimum atomic E-state index is -0.799. The lowest BCUT2D eigenvalue weighted by Gasteiger charge is -2.29. The number of carboxylic acids is 1. The second-order valence-corrected chi connectivity index (χ2v) is 5.52. The fraction of sp³-hybridized carbons (Fsp3) is 0.733. The summed E-state index contributed by atoms with van der Waals surface area (Å²) < 4.78 is 5.01. The minimum Gasteiger partial charge on any atom is -0.481 e. The van der Waals surface area contributed by atoms with Crippen molar-refractivity contribution in [1.29, 1.82) is 0 Å². The maximum absolute atomic E-state index is 12.5. The van der Waals surface area contributed by atoms with E-state index in [-0.39, 0.29) is 12.6 Å². The molecule has 1 rings (SSSR count). The van der Waals surface area contributed by atoms with Gasteiger partial charge in [-0.15, -0.1) is 6.58 Å². The summed E-state index contributed by atoms with van der Waals surface area (Å²) in [6, 6.07) is -0.133. The average molecular weight is 298 g/mol. The Kier molecular flexibility index (Phi) is 6.68. The summed E-state index contributed by atoms with van der Waals surface area (Å²) >= 11 is 0. The van der Waals surface area contributed by atoms with Crippen LogP contribution in [0.5, 0.6) is 0 Å². The van der Waals surface area contributed by atoms with Crippen molar-refractivity contribution in [2.45, 2.75) is 26.2 Å². The molecule has 1 N–H and O–H groups in total. The predicted octanol–water partition coefficient (Wildman–Crippen LogP) is 1.82. The van der Waals surface area contributed by atoms with Gasteiger partial charge in [-0.05, 0) is 12.8 Å². The van der Waals surface area contributed by atoms with Crippen molar-refractivity contribution in [3.63, 3.8) is 0 Å². The summed E-state index contributed by atoms with van der Waals surface area (Å²) in [7, 11) is 1.59. The van der Waals surface area contributed by atoms with Gasteiger partial charge in [-0.25, -0.2) is 4.79 Å². The van der Waals surface area contributed by atoms with Crippen molar-refractivity contribution in [3.05, 3.63) is 12.7 Å². The smallest absolute Gasteiger partial charge is 0.320 e. The first-order chi connectivity index (χ1) is 10.0. The molecule has 1 fully saturated rings. The number of aliphatic carboxylic acids is 1. The zero-order chi connectivity index (χ0) is 15.9. The molecule has 0 aromatic carbocycles. The van der Waals surface area contributed by atoms with Gasteiger partial charge in [0.1, 0.15) is 0 Å². The standard InChI is InChI=1S/C15H26N2O4/c1-4-6-15(13(18)19)7-9-17(12-15)14(20)16(8-5-2)10-11-21-3/h5H,2,4,6-12H2,1,3H3,(H,18,19). The topological polar surface area (TPSA) is 70.1 Å². The summed E-state index contributed by atoms with van der Waals surface area (Å²) in [5.74, 6) is -0.799. The van der Waals surface area contributed by atoms with Gasteiger partial charge in [-0.3, -0.25) is 4.79 Å². The molecule has 1 aliphatic rings. The summed E-state index contributed by atoms with van der Waals surface area (Å²) in [6.45, 7) is 7.77. The molecule has 0 aromatic rings. The molecule has 6 nitrogen and oxygen atoms in total. The molecule has 1 unspecified atom stereocenters. The second-order valence-electron chi connectivity index (χ2n) is 5.52. The van der Waals surface area contributed by atoms with Crippen LogP contribution in [0.3, 0.4) is 0 Å². The van der Waals surface area contributed by atoms with E-state index in [4.69, 9.17) is 4.74 Å². The monoisotopic (exact) mass is 298 g/mol. The molecule has 21 heavy (non-hydrogen) atoms. The quantitative estimate of drug-likeness (QED) is 0.694. The van der Waals surface area contributed by atoms with Crippen molar-refractivity contribution in [3.8, 4) is 0 Å². The largest absolute Gasteiger partial charge is 0.481 e. The highest BCUT2D eigenvalue weighted by Gasteiger charge is 2.46. The summed E-state index contributed by atoms with van der Waals surface area (Å²) in [5, 5.41) is 9.49. The highest BCUT2D eigenvalue weighted by atomic mass is 16.5. The molecule has 0 saturated carbocycles. The van der Waals surface area contributed by atoms with Crippen LogP contribution in [0, 0.1) is 5.41 Å². The molecule has 0 aliphatic carbocycles. The molecule has 120 valence electrons. The first kappa shape index (κ1) is 17.5. The van der Waals surface area contributed by atoms with Crippen molar-refractivity contribution in [2.24, 2.45) is 5.41 Å². The van der Waals surface area contributed by atoms with E-state index >= 15 is 0 Å². The number of amides is 2. The first-order valence-corrected chi connectivity index (χ1v) is 7.38. The number of rotatable bonds is 8. The van der Waals surface area contributed by atoms with Crippen molar-refractivity contribution in [2.75, 3.05) is 39.9 Å². The van der Waals surface area contributed by atoms with Crippen molar-refractivity contribution < 1.29 is 19.4 Å². The fourth-order valence-electron chi connectivity index (χ4n) is 2.82. The predicted molar refractivity (Wildman–Crippen MR) is 80.2 cm³/mol. The molecular weight excluding hydrogens is 272 g/mol. The van der Waals surface area contributed by atoms with E-state index in [0.717, 1.165) is 6.42 Å². The minimum absolute atomic E-state index is 0.133. The van der Waals surface area contributed by atoms with E-state index in [2.05, 4.69) is 6.58 Å². The van der Waals surface area contributed by atoms with Crippen LogP contribution < -0.4 is 0 Å². The number of ether oxygens (including phenoxy) is 1. The average Bonchev–Trinajstić information content (AvgIpc) is 2.89. The molecule has 0 bridgehead atoms. The molecular formula is C15H26N2O4. The van der Waals surface area contributed by atoms with E-state index in [9.17, 15) is 14.7 Å². The van der Waals surface area contributed by atoms with Gasteiger partial charge in [0, 0.05) is 33.3 Å². The Balaban J connectivity index is 2.74. The lowest BCUT2D eigenvalue weighted by Crippen LogP contribution is -2.45. The van der Waals surface area contributed by atoms with Crippen LogP contribution in [0.25, 0.3) is 0 Å². The highest BCUT2D eigenvalue weighted by molar-refractivity contribution is 5.80. The number of carbonyl (C=O) groups excluding carboxylic acids is 1. The van der Waals surface area contributed by atoms with Crippen LogP contribution in [0.1, 0.15) is 26.2 Å². The van der Waals surface area contributed by atoms with Gasteiger partial charge in [0.25, 0.3) is 0 Å². The SMILES string of the molecule is C=CCN(CCOC)C(=O)N1CCC(CCC)(C(=O)O)C1. The van der Waals surface area contributed by atoms with E-state index in [1.54, 1.807) is 23.0 Å². The van der Waals surface area contributed by atoms with Crippen LogP contribution in [0.4, 0.5) is 4.79 Å². The third kappa shape index (κ3) is 4.20. The number of hydrogen-bond donors (Lipinski definition) is 1. The van der Waals surface area contributed by atoms with Gasteiger partial charge in [0.05, 0.1) is 12.0 Å². The lowest BCUT2D eigenvalue weighted by atomic mass is 9.83. The van der Waals surface area contributed by atoms with Crippen LogP contribution in [0.2, 0.25) is 0 Å². The first-order valence-electron chi connectivity index (χ1n) is 7.38. The van der Waals surface area contributed by atoms with Gasteiger partial charge >= 0.3 is 12.0 Å². The Labute approximate surface area is 126 Å². The summed E-state index contributed by atoms with van der Waals surface area (Å²) in [6.07, 6.45) is 3.59. The Morgan fingerprint density at radius 3 is 2.76 bits per heavy atom. The normalized spacial score (nSPS) is 21.3. The molecule has 1 saturated heterocycles. The van der Waals surface area contributed by atoms with Crippen molar-refractivity contribution in [1.82, 2.24) is 9.80 Å². The van der Waals surface area contributed by atoms with E-state index in [0.29, 0.717) is 39.1 Å². The fourth-order valence-corrected chi connectivity index (χ4v) is 2.82. The number of nitrogens with zero attached hydrogens (tertiary/aromatic N) is 2. The van der Waals surface area contributed by atoms with Crippen LogP contribution in [-0.4, -0.2) is 66.8 Å². The van der Waals surface area contributed by atoms with Gasteiger partial charge in [-0.2, -0.15) is 0 Å². The maximum Gasteiger partial charge on any atom is 0.320 e. The molecule has 1 aliphatic heterocycles. The van der Waals surface area contributed by atoms with E-state index in [1.165, 1.54) is 0 Å². The Morgan fingerprint density at radius 1 is 1.52 bits per heavy atom. The molecule has 0 aromatic heterocycles. The third-order valence-corrected chi connectivity index (χ3v) is 3.99. The molecule has 6 heteroatoms.